The Bertz CT molecular complexity index is 466. The van der Waals surface area contributed by atoms with Crippen LogP contribution >= 0.6 is 12.4 Å². The van der Waals surface area contributed by atoms with Crippen molar-refractivity contribution in [3.05, 3.63) is 24.3 Å². The molecule has 1 aromatic rings. The molecule has 1 aromatic carbocycles. The molecular weight excluding hydrogens is 282 g/mol. The standard InChI is InChI=1S/C13H19N3O3.ClH/c1-8(2)12(15)13(18)16-9-4-3-5-10(6-9)19-7-11(14)17;/h3-6,8,12H,7,15H2,1-2H3,(H2,14,17)(H,16,18);1H/t12-;/m1./s1. The third kappa shape index (κ3) is 5.90. The first-order valence-corrected chi connectivity index (χ1v) is 5.97. The molecule has 20 heavy (non-hydrogen) atoms. The molecule has 0 aromatic heterocycles. The Morgan fingerprint density at radius 3 is 2.55 bits per heavy atom. The molecule has 0 unspecified atom stereocenters. The van der Waals surface area contributed by atoms with Crippen molar-refractivity contribution in [2.75, 3.05) is 11.9 Å². The number of carbonyl (C=O) groups excluding carboxylic acids is 2. The number of ether oxygens (including phenoxy) is 1. The van der Waals surface area contributed by atoms with Crippen molar-refractivity contribution in [3.8, 4) is 5.75 Å². The monoisotopic (exact) mass is 301 g/mol. The van der Waals surface area contributed by atoms with Gasteiger partial charge in [0.05, 0.1) is 6.04 Å². The van der Waals surface area contributed by atoms with E-state index in [4.69, 9.17) is 16.2 Å². The second-order valence-corrected chi connectivity index (χ2v) is 4.54. The van der Waals surface area contributed by atoms with Gasteiger partial charge in [-0.15, -0.1) is 12.4 Å². The van der Waals surface area contributed by atoms with Gasteiger partial charge in [-0.25, -0.2) is 0 Å². The molecule has 7 heteroatoms. The number of nitrogens with one attached hydrogen (secondary N) is 1. The van der Waals surface area contributed by atoms with Crippen LogP contribution < -0.4 is 21.5 Å². The molecule has 1 atom stereocenters. The van der Waals surface area contributed by atoms with E-state index in [-0.39, 0.29) is 30.8 Å². The van der Waals surface area contributed by atoms with Gasteiger partial charge < -0.3 is 21.5 Å². The van der Waals surface area contributed by atoms with E-state index in [0.717, 1.165) is 0 Å². The lowest BCUT2D eigenvalue weighted by molar-refractivity contribution is -0.120. The summed E-state index contributed by atoms with van der Waals surface area (Å²) in [6, 6.07) is 6.11. The van der Waals surface area contributed by atoms with Gasteiger partial charge in [-0.05, 0) is 18.1 Å². The van der Waals surface area contributed by atoms with Gasteiger partial charge in [-0.3, -0.25) is 9.59 Å². The van der Waals surface area contributed by atoms with Crippen molar-refractivity contribution < 1.29 is 14.3 Å². The van der Waals surface area contributed by atoms with Crippen LogP contribution in [0.3, 0.4) is 0 Å². The van der Waals surface area contributed by atoms with Crippen LogP contribution in [-0.2, 0) is 9.59 Å². The summed E-state index contributed by atoms with van der Waals surface area (Å²) < 4.78 is 5.14. The highest BCUT2D eigenvalue weighted by atomic mass is 35.5. The molecule has 0 bridgehead atoms. The Balaban J connectivity index is 0.00000361. The molecule has 0 radical (unpaired) electrons. The van der Waals surface area contributed by atoms with Gasteiger partial charge in [0.2, 0.25) is 5.91 Å². The molecule has 0 saturated heterocycles. The molecule has 112 valence electrons. The molecule has 0 aliphatic rings. The van der Waals surface area contributed by atoms with Crippen molar-refractivity contribution in [1.82, 2.24) is 0 Å². The quantitative estimate of drug-likeness (QED) is 0.725. The zero-order chi connectivity index (χ0) is 14.4. The van der Waals surface area contributed by atoms with Gasteiger partial charge >= 0.3 is 0 Å². The van der Waals surface area contributed by atoms with E-state index < -0.39 is 11.9 Å². The Hall–Kier alpha value is -1.79. The van der Waals surface area contributed by atoms with Crippen molar-refractivity contribution >= 4 is 29.9 Å². The minimum Gasteiger partial charge on any atom is -0.484 e. The molecule has 5 N–H and O–H groups in total. The van der Waals surface area contributed by atoms with Crippen LogP contribution in [0.4, 0.5) is 5.69 Å². The Morgan fingerprint density at radius 1 is 1.35 bits per heavy atom. The van der Waals surface area contributed by atoms with E-state index in [1.165, 1.54) is 0 Å². The average molecular weight is 302 g/mol. The summed E-state index contributed by atoms with van der Waals surface area (Å²) in [5.41, 5.74) is 11.3. The highest BCUT2D eigenvalue weighted by molar-refractivity contribution is 5.95. The second-order valence-electron chi connectivity index (χ2n) is 4.54. The van der Waals surface area contributed by atoms with Crippen LogP contribution in [-0.4, -0.2) is 24.5 Å². The SMILES string of the molecule is CC(C)[C@@H](N)C(=O)Nc1cccc(OCC(N)=O)c1.Cl. The summed E-state index contributed by atoms with van der Waals surface area (Å²) in [6.07, 6.45) is 0. The lowest BCUT2D eigenvalue weighted by atomic mass is 10.0. The number of hydrogen-bond donors (Lipinski definition) is 3. The maximum atomic E-state index is 11.8. The summed E-state index contributed by atoms with van der Waals surface area (Å²) in [5, 5.41) is 2.69. The molecule has 6 nitrogen and oxygen atoms in total. The number of rotatable bonds is 6. The normalized spacial score (nSPS) is 11.4. The van der Waals surface area contributed by atoms with Gasteiger partial charge in [-0.2, -0.15) is 0 Å². The molecule has 2 amide bonds. The zero-order valence-electron chi connectivity index (χ0n) is 11.5. The fraction of sp³-hybridized carbons (Fsp3) is 0.385. The predicted octanol–water partition coefficient (Wildman–Crippen LogP) is 0.894. The molecular formula is C13H20ClN3O3. The summed E-state index contributed by atoms with van der Waals surface area (Å²) >= 11 is 0. The fourth-order valence-electron chi connectivity index (χ4n) is 1.35. The summed E-state index contributed by atoms with van der Waals surface area (Å²) in [4.78, 5) is 22.4. The highest BCUT2D eigenvalue weighted by Gasteiger charge is 2.17. The number of hydrogen-bond acceptors (Lipinski definition) is 4. The lowest BCUT2D eigenvalue weighted by Gasteiger charge is -2.15. The molecule has 1 rings (SSSR count). The highest BCUT2D eigenvalue weighted by Crippen LogP contribution is 2.17. The number of primary amides is 1. The fourth-order valence-corrected chi connectivity index (χ4v) is 1.35. The average Bonchev–Trinajstić information content (AvgIpc) is 2.35. The number of carbonyl (C=O) groups is 2. The van der Waals surface area contributed by atoms with Gasteiger partial charge in [0, 0.05) is 11.8 Å². The number of halogens is 1. The van der Waals surface area contributed by atoms with Gasteiger partial charge in [0.1, 0.15) is 5.75 Å². The third-order valence-corrected chi connectivity index (χ3v) is 2.50. The summed E-state index contributed by atoms with van der Waals surface area (Å²) in [5.74, 6) is -0.317. The molecule has 0 heterocycles. The van der Waals surface area contributed by atoms with Crippen LogP contribution in [0.2, 0.25) is 0 Å². The number of anilines is 1. The number of benzene rings is 1. The van der Waals surface area contributed by atoms with Gasteiger partial charge in [0.15, 0.2) is 6.61 Å². The minimum atomic E-state index is -0.574. The topological polar surface area (TPSA) is 107 Å². The summed E-state index contributed by atoms with van der Waals surface area (Å²) in [6.45, 7) is 3.54. The van der Waals surface area contributed by atoms with E-state index in [1.54, 1.807) is 24.3 Å². The Kier molecular flexibility index (Phi) is 7.64. The Morgan fingerprint density at radius 2 is 2.00 bits per heavy atom. The van der Waals surface area contributed by atoms with Crippen LogP contribution in [0, 0.1) is 5.92 Å². The predicted molar refractivity (Wildman–Crippen MR) is 79.8 cm³/mol. The van der Waals surface area contributed by atoms with Crippen LogP contribution in [0.5, 0.6) is 5.75 Å². The largest absolute Gasteiger partial charge is 0.484 e. The first-order valence-electron chi connectivity index (χ1n) is 5.97. The molecule has 0 fully saturated rings. The van der Waals surface area contributed by atoms with E-state index in [0.29, 0.717) is 11.4 Å². The maximum Gasteiger partial charge on any atom is 0.255 e. The van der Waals surface area contributed by atoms with E-state index in [2.05, 4.69) is 5.32 Å². The molecule has 0 spiro atoms. The van der Waals surface area contributed by atoms with Crippen LogP contribution in [0.1, 0.15) is 13.8 Å². The maximum absolute atomic E-state index is 11.8. The van der Waals surface area contributed by atoms with Crippen molar-refractivity contribution in [2.24, 2.45) is 17.4 Å². The number of nitrogens with two attached hydrogens (primary N) is 2. The molecule has 0 aliphatic carbocycles. The first kappa shape index (κ1) is 18.2. The van der Waals surface area contributed by atoms with E-state index in [9.17, 15) is 9.59 Å². The van der Waals surface area contributed by atoms with Crippen LogP contribution in [0.15, 0.2) is 24.3 Å². The number of amides is 2. The minimum absolute atomic E-state index is 0. The van der Waals surface area contributed by atoms with Gasteiger partial charge in [-0.1, -0.05) is 19.9 Å². The van der Waals surface area contributed by atoms with Crippen molar-refractivity contribution in [1.29, 1.82) is 0 Å². The Labute approximate surface area is 124 Å². The first-order chi connectivity index (χ1) is 8.90. The smallest absolute Gasteiger partial charge is 0.255 e. The summed E-state index contributed by atoms with van der Waals surface area (Å²) in [7, 11) is 0. The zero-order valence-corrected chi connectivity index (χ0v) is 12.3. The van der Waals surface area contributed by atoms with Gasteiger partial charge in [0.25, 0.3) is 5.91 Å². The second kappa shape index (κ2) is 8.39. The lowest BCUT2D eigenvalue weighted by Crippen LogP contribution is -2.39. The van der Waals surface area contributed by atoms with Crippen molar-refractivity contribution in [3.63, 3.8) is 0 Å². The van der Waals surface area contributed by atoms with E-state index >= 15 is 0 Å². The third-order valence-electron chi connectivity index (χ3n) is 2.50. The van der Waals surface area contributed by atoms with Crippen molar-refractivity contribution in [2.45, 2.75) is 19.9 Å². The van der Waals surface area contributed by atoms with Crippen LogP contribution in [0.25, 0.3) is 0 Å². The van der Waals surface area contributed by atoms with E-state index in [1.807, 2.05) is 13.8 Å². The molecule has 0 aliphatic heterocycles. The molecule has 0 saturated carbocycles.